The molecule has 0 amide bonds. The number of nitrogens with zero attached hydrogens (tertiary/aromatic N) is 2. The van der Waals surface area contributed by atoms with Crippen molar-refractivity contribution < 1.29 is 0 Å². The molecule has 4 nitrogen and oxygen atoms in total. The summed E-state index contributed by atoms with van der Waals surface area (Å²) in [6.07, 6.45) is 4.59. The van der Waals surface area contributed by atoms with Gasteiger partial charge in [0.05, 0.1) is 5.54 Å². The van der Waals surface area contributed by atoms with Crippen LogP contribution in [0.25, 0.3) is 11.1 Å². The van der Waals surface area contributed by atoms with Crippen molar-refractivity contribution in [3.63, 3.8) is 0 Å². The molecular weight excluding hydrogens is 260 g/mol. The van der Waals surface area contributed by atoms with E-state index in [9.17, 15) is 0 Å². The number of rotatable bonds is 4. The van der Waals surface area contributed by atoms with Gasteiger partial charge in [0.15, 0.2) is 0 Å². The van der Waals surface area contributed by atoms with E-state index in [2.05, 4.69) is 47.5 Å². The van der Waals surface area contributed by atoms with Crippen molar-refractivity contribution in [2.75, 3.05) is 32.5 Å². The molecule has 3 N–H and O–H groups in total. The van der Waals surface area contributed by atoms with Gasteiger partial charge in [-0.2, -0.15) is 0 Å². The molecule has 1 aromatic heterocycles. The van der Waals surface area contributed by atoms with Crippen LogP contribution in [0.3, 0.4) is 0 Å². The van der Waals surface area contributed by atoms with Gasteiger partial charge in [0.25, 0.3) is 0 Å². The summed E-state index contributed by atoms with van der Waals surface area (Å²) in [5.41, 5.74) is 11.1. The van der Waals surface area contributed by atoms with Crippen LogP contribution in [0.5, 0.6) is 0 Å². The maximum Gasteiger partial charge on any atom is 0.0617 e. The predicted molar refractivity (Wildman–Crippen MR) is 87.2 cm³/mol. The monoisotopic (exact) mass is 282 g/mol. The highest BCUT2D eigenvalue weighted by Crippen LogP contribution is 2.38. The lowest BCUT2D eigenvalue weighted by Crippen LogP contribution is -2.41. The SMILES string of the molecule is CN(C)CCC1(N)CNc2ccc(-c3ccncc3)cc21. The molecule has 0 saturated carbocycles. The van der Waals surface area contributed by atoms with Gasteiger partial charge in [-0.05, 0) is 68.0 Å². The molecule has 0 spiro atoms. The van der Waals surface area contributed by atoms with E-state index in [1.807, 2.05) is 24.5 Å². The summed E-state index contributed by atoms with van der Waals surface area (Å²) in [6, 6.07) is 10.6. The van der Waals surface area contributed by atoms with Crippen molar-refractivity contribution in [2.45, 2.75) is 12.0 Å². The molecule has 1 unspecified atom stereocenters. The smallest absolute Gasteiger partial charge is 0.0617 e. The molecule has 0 radical (unpaired) electrons. The van der Waals surface area contributed by atoms with Crippen LogP contribution in [0.4, 0.5) is 5.69 Å². The summed E-state index contributed by atoms with van der Waals surface area (Å²) < 4.78 is 0. The van der Waals surface area contributed by atoms with Gasteiger partial charge in [-0.25, -0.2) is 0 Å². The third-order valence-corrected chi connectivity index (χ3v) is 4.17. The molecule has 1 aromatic carbocycles. The van der Waals surface area contributed by atoms with Crippen molar-refractivity contribution >= 4 is 5.69 Å². The Labute approximate surface area is 126 Å². The molecule has 0 bridgehead atoms. The first-order valence-electron chi connectivity index (χ1n) is 7.31. The number of pyridine rings is 1. The number of hydrogen-bond acceptors (Lipinski definition) is 4. The molecule has 4 heteroatoms. The number of aromatic nitrogens is 1. The largest absolute Gasteiger partial charge is 0.383 e. The molecule has 1 aliphatic rings. The lowest BCUT2D eigenvalue weighted by atomic mass is 9.87. The van der Waals surface area contributed by atoms with Crippen molar-refractivity contribution in [3.05, 3.63) is 48.3 Å². The standard InChI is InChI=1S/C17H22N4/c1-21(2)10-7-17(18)12-20-16-4-3-14(11-15(16)17)13-5-8-19-9-6-13/h3-6,8-9,11,20H,7,10,12,18H2,1-2H3. The normalized spacial score (nSPS) is 20.4. The summed E-state index contributed by atoms with van der Waals surface area (Å²) in [6.45, 7) is 1.78. The molecular formula is C17H22N4. The number of anilines is 1. The first-order chi connectivity index (χ1) is 10.1. The molecule has 1 atom stereocenters. The second kappa shape index (κ2) is 5.47. The summed E-state index contributed by atoms with van der Waals surface area (Å²) in [5.74, 6) is 0. The minimum atomic E-state index is -0.289. The molecule has 3 rings (SSSR count). The Morgan fingerprint density at radius 2 is 1.95 bits per heavy atom. The van der Waals surface area contributed by atoms with Crippen LogP contribution < -0.4 is 11.1 Å². The van der Waals surface area contributed by atoms with Crippen LogP contribution in [0.2, 0.25) is 0 Å². The van der Waals surface area contributed by atoms with Crippen LogP contribution in [0, 0.1) is 0 Å². The first-order valence-corrected chi connectivity index (χ1v) is 7.31. The Hall–Kier alpha value is -1.91. The highest BCUT2D eigenvalue weighted by atomic mass is 15.1. The molecule has 2 heterocycles. The van der Waals surface area contributed by atoms with E-state index in [0.29, 0.717) is 0 Å². The second-order valence-electron chi connectivity index (χ2n) is 6.06. The van der Waals surface area contributed by atoms with Crippen LogP contribution in [0.1, 0.15) is 12.0 Å². The second-order valence-corrected chi connectivity index (χ2v) is 6.06. The lowest BCUT2D eigenvalue weighted by molar-refractivity contribution is 0.333. The van der Waals surface area contributed by atoms with Crippen LogP contribution in [0.15, 0.2) is 42.7 Å². The van der Waals surface area contributed by atoms with Gasteiger partial charge in [-0.3, -0.25) is 4.98 Å². The van der Waals surface area contributed by atoms with E-state index in [1.54, 1.807) is 0 Å². The van der Waals surface area contributed by atoms with Gasteiger partial charge in [0, 0.05) is 24.6 Å². The van der Waals surface area contributed by atoms with E-state index in [1.165, 1.54) is 16.7 Å². The Morgan fingerprint density at radius 1 is 1.19 bits per heavy atom. The van der Waals surface area contributed by atoms with Crippen molar-refractivity contribution in [3.8, 4) is 11.1 Å². The fraction of sp³-hybridized carbons (Fsp3) is 0.353. The molecule has 1 aliphatic heterocycles. The minimum Gasteiger partial charge on any atom is -0.383 e. The summed E-state index contributed by atoms with van der Waals surface area (Å²) in [4.78, 5) is 6.26. The molecule has 110 valence electrons. The number of benzene rings is 1. The summed E-state index contributed by atoms with van der Waals surface area (Å²) in [5, 5.41) is 3.44. The van der Waals surface area contributed by atoms with Gasteiger partial charge in [0.1, 0.15) is 0 Å². The van der Waals surface area contributed by atoms with Crippen LogP contribution >= 0.6 is 0 Å². The zero-order valence-electron chi connectivity index (χ0n) is 12.6. The third kappa shape index (κ3) is 2.77. The average molecular weight is 282 g/mol. The lowest BCUT2D eigenvalue weighted by Gasteiger charge is -2.26. The van der Waals surface area contributed by atoms with E-state index in [0.717, 1.165) is 25.2 Å². The maximum absolute atomic E-state index is 6.66. The van der Waals surface area contributed by atoms with Gasteiger partial charge in [0.2, 0.25) is 0 Å². The molecule has 2 aromatic rings. The predicted octanol–water partition coefficient (Wildman–Crippen LogP) is 2.28. The van der Waals surface area contributed by atoms with Crippen molar-refractivity contribution in [1.29, 1.82) is 0 Å². The van der Waals surface area contributed by atoms with E-state index < -0.39 is 0 Å². The Bertz CT molecular complexity index is 624. The Balaban J connectivity index is 1.94. The van der Waals surface area contributed by atoms with Crippen molar-refractivity contribution in [1.82, 2.24) is 9.88 Å². The van der Waals surface area contributed by atoms with E-state index in [4.69, 9.17) is 5.73 Å². The molecule has 21 heavy (non-hydrogen) atoms. The van der Waals surface area contributed by atoms with Crippen LogP contribution in [-0.2, 0) is 5.54 Å². The number of hydrogen-bond donors (Lipinski definition) is 2. The third-order valence-electron chi connectivity index (χ3n) is 4.17. The summed E-state index contributed by atoms with van der Waals surface area (Å²) >= 11 is 0. The first kappa shape index (κ1) is 14.0. The maximum atomic E-state index is 6.66. The molecule has 0 aliphatic carbocycles. The number of fused-ring (bicyclic) bond motifs is 1. The fourth-order valence-corrected chi connectivity index (χ4v) is 2.83. The van der Waals surface area contributed by atoms with E-state index >= 15 is 0 Å². The number of nitrogens with two attached hydrogens (primary N) is 1. The highest BCUT2D eigenvalue weighted by molar-refractivity contribution is 5.71. The quantitative estimate of drug-likeness (QED) is 0.903. The van der Waals surface area contributed by atoms with Gasteiger partial charge in [-0.1, -0.05) is 6.07 Å². The Morgan fingerprint density at radius 3 is 2.67 bits per heavy atom. The van der Waals surface area contributed by atoms with Crippen LogP contribution in [-0.4, -0.2) is 37.1 Å². The van der Waals surface area contributed by atoms with Gasteiger partial charge < -0.3 is 16.0 Å². The molecule has 0 fully saturated rings. The Kier molecular flexibility index (Phi) is 3.66. The molecule has 0 saturated heterocycles. The van der Waals surface area contributed by atoms with Gasteiger partial charge >= 0.3 is 0 Å². The zero-order valence-corrected chi connectivity index (χ0v) is 12.6. The van der Waals surface area contributed by atoms with Gasteiger partial charge in [-0.15, -0.1) is 0 Å². The van der Waals surface area contributed by atoms with Crippen molar-refractivity contribution in [2.24, 2.45) is 5.73 Å². The number of nitrogens with one attached hydrogen (secondary N) is 1. The fourth-order valence-electron chi connectivity index (χ4n) is 2.83. The minimum absolute atomic E-state index is 0.289. The zero-order chi connectivity index (χ0) is 14.9. The highest BCUT2D eigenvalue weighted by Gasteiger charge is 2.34. The summed E-state index contributed by atoms with van der Waals surface area (Å²) in [7, 11) is 4.17. The van der Waals surface area contributed by atoms with E-state index in [-0.39, 0.29) is 5.54 Å². The topological polar surface area (TPSA) is 54.2 Å². The average Bonchev–Trinajstić information content (AvgIpc) is 2.84.